The van der Waals surface area contributed by atoms with Crippen molar-refractivity contribution in [1.29, 1.82) is 0 Å². The number of hydrogen-bond donors (Lipinski definition) is 1. The van der Waals surface area contributed by atoms with E-state index in [-0.39, 0.29) is 6.04 Å². The first-order chi connectivity index (χ1) is 7.99. The van der Waals surface area contributed by atoms with Crippen molar-refractivity contribution in [2.45, 2.75) is 59.0 Å². The summed E-state index contributed by atoms with van der Waals surface area (Å²) < 4.78 is 2.16. The van der Waals surface area contributed by atoms with Crippen LogP contribution in [0.2, 0.25) is 0 Å². The van der Waals surface area contributed by atoms with Gasteiger partial charge in [0.25, 0.3) is 0 Å². The van der Waals surface area contributed by atoms with Crippen molar-refractivity contribution >= 4 is 0 Å². The molecule has 3 nitrogen and oxygen atoms in total. The van der Waals surface area contributed by atoms with Gasteiger partial charge in [-0.2, -0.15) is 5.10 Å². The highest BCUT2D eigenvalue weighted by Gasteiger charge is 2.31. The first-order valence-corrected chi connectivity index (χ1v) is 6.77. The maximum atomic E-state index is 6.29. The summed E-state index contributed by atoms with van der Waals surface area (Å²) in [5, 5.41) is 4.61. The molecule has 1 heterocycles. The van der Waals surface area contributed by atoms with E-state index in [0.29, 0.717) is 6.04 Å². The molecule has 0 spiro atoms. The van der Waals surface area contributed by atoms with Gasteiger partial charge < -0.3 is 5.73 Å². The molecule has 1 aliphatic rings. The zero-order valence-electron chi connectivity index (χ0n) is 11.5. The Morgan fingerprint density at radius 2 is 2.06 bits per heavy atom. The molecule has 96 valence electrons. The van der Waals surface area contributed by atoms with Crippen LogP contribution in [0.1, 0.15) is 50.5 Å². The molecule has 0 aromatic carbocycles. The van der Waals surface area contributed by atoms with Gasteiger partial charge in [-0.1, -0.05) is 13.8 Å². The van der Waals surface area contributed by atoms with Gasteiger partial charge in [-0.05, 0) is 51.0 Å². The van der Waals surface area contributed by atoms with Gasteiger partial charge >= 0.3 is 0 Å². The molecule has 1 aliphatic carbocycles. The molecule has 0 amide bonds. The van der Waals surface area contributed by atoms with Crippen LogP contribution in [0.25, 0.3) is 0 Å². The molecule has 1 fully saturated rings. The Morgan fingerprint density at radius 3 is 2.59 bits per heavy atom. The molecular formula is C14H25N3. The smallest absolute Gasteiger partial charge is 0.0675 e. The minimum absolute atomic E-state index is 0.267. The van der Waals surface area contributed by atoms with Crippen LogP contribution in [0.5, 0.6) is 0 Å². The second kappa shape index (κ2) is 4.81. The van der Waals surface area contributed by atoms with Crippen LogP contribution >= 0.6 is 0 Å². The second-order valence-corrected chi connectivity index (χ2v) is 5.92. The summed E-state index contributed by atoms with van der Waals surface area (Å²) in [7, 11) is 0. The van der Waals surface area contributed by atoms with E-state index in [4.69, 9.17) is 5.73 Å². The molecule has 0 aliphatic heterocycles. The Bertz CT molecular complexity index is 381. The molecule has 3 heteroatoms. The first-order valence-electron chi connectivity index (χ1n) is 6.77. The van der Waals surface area contributed by atoms with E-state index in [2.05, 4.69) is 43.5 Å². The van der Waals surface area contributed by atoms with E-state index >= 15 is 0 Å². The minimum Gasteiger partial charge on any atom is -0.326 e. The normalized spacial score (nSPS) is 29.9. The number of nitrogens with two attached hydrogens (primary N) is 1. The van der Waals surface area contributed by atoms with Crippen LogP contribution in [0.15, 0.2) is 6.07 Å². The summed E-state index contributed by atoms with van der Waals surface area (Å²) in [5.41, 5.74) is 8.63. The lowest BCUT2D eigenvalue weighted by Crippen LogP contribution is -2.39. The van der Waals surface area contributed by atoms with E-state index in [0.717, 1.165) is 24.0 Å². The van der Waals surface area contributed by atoms with Gasteiger partial charge in [-0.15, -0.1) is 0 Å². The number of nitrogens with zero attached hydrogens (tertiary/aromatic N) is 2. The molecule has 1 saturated carbocycles. The zero-order chi connectivity index (χ0) is 12.6. The monoisotopic (exact) mass is 235 g/mol. The van der Waals surface area contributed by atoms with E-state index < -0.39 is 0 Å². The predicted octanol–water partition coefficient (Wildman–Crippen LogP) is 2.82. The Kier molecular flexibility index (Phi) is 3.57. The highest BCUT2D eigenvalue weighted by Crippen LogP contribution is 2.36. The van der Waals surface area contributed by atoms with Gasteiger partial charge in [0, 0.05) is 11.7 Å². The van der Waals surface area contributed by atoms with Gasteiger partial charge in [-0.3, -0.25) is 4.68 Å². The maximum Gasteiger partial charge on any atom is 0.0675 e. The summed E-state index contributed by atoms with van der Waals surface area (Å²) in [5.74, 6) is 1.55. The third-order valence-electron chi connectivity index (χ3n) is 4.21. The number of aromatic nitrogens is 2. The Morgan fingerprint density at radius 1 is 1.35 bits per heavy atom. The molecule has 3 atom stereocenters. The topological polar surface area (TPSA) is 43.8 Å². The third kappa shape index (κ3) is 2.54. The summed E-state index contributed by atoms with van der Waals surface area (Å²) in [6.07, 6.45) is 3.58. The summed E-state index contributed by atoms with van der Waals surface area (Å²) in [6, 6.07) is 2.80. The molecule has 2 rings (SSSR count). The Balaban J connectivity index is 2.20. The third-order valence-corrected chi connectivity index (χ3v) is 4.21. The van der Waals surface area contributed by atoms with Gasteiger partial charge in [0.05, 0.1) is 11.7 Å². The average Bonchev–Trinajstić information content (AvgIpc) is 2.58. The highest BCUT2D eigenvalue weighted by molar-refractivity contribution is 5.09. The molecule has 3 unspecified atom stereocenters. The maximum absolute atomic E-state index is 6.29. The summed E-state index contributed by atoms with van der Waals surface area (Å²) >= 11 is 0. The van der Waals surface area contributed by atoms with Gasteiger partial charge in [0.2, 0.25) is 0 Å². The first kappa shape index (κ1) is 12.6. The van der Waals surface area contributed by atoms with Gasteiger partial charge in [0.1, 0.15) is 0 Å². The molecule has 2 N–H and O–H groups in total. The second-order valence-electron chi connectivity index (χ2n) is 5.92. The van der Waals surface area contributed by atoms with Crippen LogP contribution in [-0.2, 0) is 0 Å². The minimum atomic E-state index is 0.267. The lowest BCUT2D eigenvalue weighted by atomic mass is 9.77. The highest BCUT2D eigenvalue weighted by atomic mass is 15.3. The van der Waals surface area contributed by atoms with E-state index in [9.17, 15) is 0 Å². The number of rotatable bonds is 2. The predicted molar refractivity (Wildman–Crippen MR) is 70.9 cm³/mol. The lowest BCUT2D eigenvalue weighted by Gasteiger charge is -2.36. The SMILES string of the molecule is Cc1cc(C)n(C2CC(C(C)C)CCC2N)n1. The van der Waals surface area contributed by atoms with Crippen molar-refractivity contribution in [1.82, 2.24) is 9.78 Å². The van der Waals surface area contributed by atoms with Crippen molar-refractivity contribution < 1.29 is 0 Å². The van der Waals surface area contributed by atoms with Gasteiger partial charge in [0.15, 0.2) is 0 Å². The quantitative estimate of drug-likeness (QED) is 0.856. The van der Waals surface area contributed by atoms with Crippen molar-refractivity contribution in [2.24, 2.45) is 17.6 Å². The molecule has 0 saturated heterocycles. The van der Waals surface area contributed by atoms with Crippen LogP contribution < -0.4 is 5.73 Å². The number of aryl methyl sites for hydroxylation is 2. The van der Waals surface area contributed by atoms with E-state index in [1.165, 1.54) is 18.5 Å². The van der Waals surface area contributed by atoms with Crippen LogP contribution in [-0.4, -0.2) is 15.8 Å². The molecule has 0 radical (unpaired) electrons. The van der Waals surface area contributed by atoms with Crippen molar-refractivity contribution in [3.05, 3.63) is 17.5 Å². The largest absolute Gasteiger partial charge is 0.326 e. The molecule has 1 aromatic heterocycles. The van der Waals surface area contributed by atoms with Crippen LogP contribution in [0.4, 0.5) is 0 Å². The zero-order valence-corrected chi connectivity index (χ0v) is 11.5. The Hall–Kier alpha value is -0.830. The fourth-order valence-corrected chi connectivity index (χ4v) is 3.07. The van der Waals surface area contributed by atoms with E-state index in [1.54, 1.807) is 0 Å². The fraction of sp³-hybridized carbons (Fsp3) is 0.786. The average molecular weight is 235 g/mol. The van der Waals surface area contributed by atoms with Crippen LogP contribution in [0.3, 0.4) is 0 Å². The summed E-state index contributed by atoms with van der Waals surface area (Å²) in [6.45, 7) is 8.82. The fourth-order valence-electron chi connectivity index (χ4n) is 3.07. The van der Waals surface area contributed by atoms with Crippen molar-refractivity contribution in [3.8, 4) is 0 Å². The number of hydrogen-bond acceptors (Lipinski definition) is 2. The molecular weight excluding hydrogens is 210 g/mol. The standard InChI is InChI=1S/C14H25N3/c1-9(2)12-5-6-13(15)14(8-12)17-11(4)7-10(3)16-17/h7,9,12-14H,5-6,8,15H2,1-4H3. The van der Waals surface area contributed by atoms with Crippen molar-refractivity contribution in [3.63, 3.8) is 0 Å². The van der Waals surface area contributed by atoms with Crippen molar-refractivity contribution in [2.75, 3.05) is 0 Å². The summed E-state index contributed by atoms with van der Waals surface area (Å²) in [4.78, 5) is 0. The lowest BCUT2D eigenvalue weighted by molar-refractivity contribution is 0.181. The Labute approximate surface area is 104 Å². The molecule has 17 heavy (non-hydrogen) atoms. The van der Waals surface area contributed by atoms with Crippen LogP contribution in [0, 0.1) is 25.7 Å². The van der Waals surface area contributed by atoms with Gasteiger partial charge in [-0.25, -0.2) is 0 Å². The van der Waals surface area contributed by atoms with E-state index in [1.807, 2.05) is 0 Å². The molecule has 1 aromatic rings. The molecule has 0 bridgehead atoms.